The Morgan fingerprint density at radius 1 is 1.00 bits per heavy atom. The van der Waals surface area contributed by atoms with E-state index < -0.39 is 29.4 Å². The van der Waals surface area contributed by atoms with Crippen LogP contribution in [0.2, 0.25) is 0 Å². The molecule has 1 N–H and O–H groups in total. The van der Waals surface area contributed by atoms with Gasteiger partial charge >= 0.3 is 0 Å². The van der Waals surface area contributed by atoms with Gasteiger partial charge in [-0.15, -0.1) is 0 Å². The number of benzene rings is 3. The van der Waals surface area contributed by atoms with Crippen LogP contribution in [0.1, 0.15) is 18.1 Å². The van der Waals surface area contributed by atoms with Gasteiger partial charge in [-0.1, -0.05) is 24.3 Å². The molecule has 3 amide bonds. The first-order valence-electron chi connectivity index (χ1n) is 11.3. The largest absolute Gasteiger partial charge is 0.490 e. The average Bonchev–Trinajstić information content (AvgIpc) is 3.13. The standard InChI is InChI=1S/C27H22F2N2O5S/c1-2-35-23-13-17(7-12-22(23)36-16-18-5-3-4-6-21(18)29)14-24-26(33)31(27(34)37-24)15-25(32)30-20-10-8-19(28)9-11-20/h3-14H,2,15-16H2,1H3,(H,30,32)/b24-14-. The molecule has 3 aromatic rings. The number of anilines is 1. The maximum atomic E-state index is 13.9. The van der Waals surface area contributed by atoms with Gasteiger partial charge in [-0.05, 0) is 72.8 Å². The summed E-state index contributed by atoms with van der Waals surface area (Å²) in [7, 11) is 0. The summed E-state index contributed by atoms with van der Waals surface area (Å²) in [6.45, 7) is 1.67. The molecule has 0 saturated carbocycles. The van der Waals surface area contributed by atoms with Gasteiger partial charge in [0.05, 0.1) is 11.5 Å². The van der Waals surface area contributed by atoms with Gasteiger partial charge < -0.3 is 14.8 Å². The minimum absolute atomic E-state index is 0.00493. The fourth-order valence-corrected chi connectivity index (χ4v) is 4.28. The van der Waals surface area contributed by atoms with Crippen molar-refractivity contribution in [2.24, 2.45) is 0 Å². The van der Waals surface area contributed by atoms with Crippen LogP contribution >= 0.6 is 11.8 Å². The highest BCUT2D eigenvalue weighted by molar-refractivity contribution is 8.18. The van der Waals surface area contributed by atoms with Crippen LogP contribution in [0.5, 0.6) is 11.5 Å². The van der Waals surface area contributed by atoms with E-state index in [0.29, 0.717) is 46.7 Å². The van der Waals surface area contributed by atoms with Crippen molar-refractivity contribution in [3.05, 3.63) is 94.4 Å². The summed E-state index contributed by atoms with van der Waals surface area (Å²) >= 11 is 0.715. The molecule has 1 saturated heterocycles. The first-order valence-corrected chi connectivity index (χ1v) is 12.1. The number of nitrogens with one attached hydrogen (secondary N) is 1. The molecule has 4 rings (SSSR count). The Kier molecular flexibility index (Phi) is 8.19. The summed E-state index contributed by atoms with van der Waals surface area (Å²) < 4.78 is 38.4. The van der Waals surface area contributed by atoms with Crippen LogP contribution < -0.4 is 14.8 Å². The third-order valence-electron chi connectivity index (χ3n) is 5.21. The second-order valence-electron chi connectivity index (χ2n) is 7.84. The van der Waals surface area contributed by atoms with E-state index in [2.05, 4.69) is 5.32 Å². The van der Waals surface area contributed by atoms with Crippen LogP contribution in [-0.4, -0.2) is 35.1 Å². The molecule has 190 valence electrons. The quantitative estimate of drug-likeness (QED) is 0.366. The zero-order valence-electron chi connectivity index (χ0n) is 19.7. The summed E-state index contributed by atoms with van der Waals surface area (Å²) in [4.78, 5) is 38.5. The molecular formula is C27H22F2N2O5S. The van der Waals surface area contributed by atoms with Crippen molar-refractivity contribution in [2.45, 2.75) is 13.5 Å². The molecule has 1 aliphatic heterocycles. The molecule has 1 aliphatic rings. The molecule has 1 heterocycles. The molecule has 0 unspecified atom stereocenters. The lowest BCUT2D eigenvalue weighted by atomic mass is 10.1. The van der Waals surface area contributed by atoms with Gasteiger partial charge in [0.2, 0.25) is 5.91 Å². The highest BCUT2D eigenvalue weighted by atomic mass is 32.2. The molecule has 37 heavy (non-hydrogen) atoms. The Morgan fingerprint density at radius 2 is 1.76 bits per heavy atom. The number of thioether (sulfide) groups is 1. The first kappa shape index (κ1) is 25.9. The Hall–Kier alpha value is -4.18. The maximum absolute atomic E-state index is 13.9. The predicted molar refractivity (Wildman–Crippen MR) is 136 cm³/mol. The number of nitrogens with zero attached hydrogens (tertiary/aromatic N) is 1. The van der Waals surface area contributed by atoms with E-state index in [1.165, 1.54) is 36.4 Å². The zero-order chi connectivity index (χ0) is 26.4. The van der Waals surface area contributed by atoms with Gasteiger partial charge in [0.15, 0.2) is 11.5 Å². The molecule has 0 bridgehead atoms. The SMILES string of the molecule is CCOc1cc(/C=C2\SC(=O)N(CC(=O)Nc3ccc(F)cc3)C2=O)ccc1OCc1ccccc1F. The van der Waals surface area contributed by atoms with Crippen molar-refractivity contribution in [3.8, 4) is 11.5 Å². The van der Waals surface area contributed by atoms with Gasteiger partial charge in [-0.3, -0.25) is 19.3 Å². The minimum Gasteiger partial charge on any atom is -0.490 e. The summed E-state index contributed by atoms with van der Waals surface area (Å²) in [6.07, 6.45) is 1.52. The van der Waals surface area contributed by atoms with Gasteiger partial charge in [0.1, 0.15) is 24.8 Å². The number of carbonyl (C=O) groups excluding carboxylic acids is 3. The Morgan fingerprint density at radius 3 is 2.49 bits per heavy atom. The highest BCUT2D eigenvalue weighted by Gasteiger charge is 2.36. The highest BCUT2D eigenvalue weighted by Crippen LogP contribution is 2.35. The van der Waals surface area contributed by atoms with Crippen molar-refractivity contribution >= 4 is 40.6 Å². The lowest BCUT2D eigenvalue weighted by Gasteiger charge is -2.13. The van der Waals surface area contributed by atoms with E-state index in [9.17, 15) is 23.2 Å². The normalized spacial score (nSPS) is 14.2. The van der Waals surface area contributed by atoms with Crippen molar-refractivity contribution < 1.29 is 32.6 Å². The number of halogens is 2. The number of carbonyl (C=O) groups is 3. The smallest absolute Gasteiger partial charge is 0.294 e. The van der Waals surface area contributed by atoms with Gasteiger partial charge in [0, 0.05) is 11.3 Å². The van der Waals surface area contributed by atoms with E-state index in [4.69, 9.17) is 9.47 Å². The van der Waals surface area contributed by atoms with Crippen LogP contribution in [0.15, 0.2) is 71.6 Å². The molecular weight excluding hydrogens is 502 g/mol. The van der Waals surface area contributed by atoms with Crippen LogP contribution in [-0.2, 0) is 16.2 Å². The van der Waals surface area contributed by atoms with Gasteiger partial charge in [-0.2, -0.15) is 0 Å². The van der Waals surface area contributed by atoms with E-state index in [0.717, 1.165) is 4.90 Å². The molecule has 3 aromatic carbocycles. The van der Waals surface area contributed by atoms with Crippen molar-refractivity contribution in [3.63, 3.8) is 0 Å². The molecule has 1 fully saturated rings. The van der Waals surface area contributed by atoms with Crippen LogP contribution in [0, 0.1) is 11.6 Å². The van der Waals surface area contributed by atoms with Crippen molar-refractivity contribution in [2.75, 3.05) is 18.5 Å². The molecule has 0 spiro atoms. The van der Waals surface area contributed by atoms with Crippen LogP contribution in [0.4, 0.5) is 19.3 Å². The number of ether oxygens (including phenoxy) is 2. The molecule has 0 aliphatic carbocycles. The van der Waals surface area contributed by atoms with E-state index >= 15 is 0 Å². The second kappa shape index (κ2) is 11.7. The first-order chi connectivity index (χ1) is 17.8. The number of amides is 3. The molecule has 0 aromatic heterocycles. The van der Waals surface area contributed by atoms with Crippen molar-refractivity contribution in [1.29, 1.82) is 0 Å². The Bertz CT molecular complexity index is 1360. The molecule has 0 radical (unpaired) electrons. The van der Waals surface area contributed by atoms with Gasteiger partial charge in [-0.25, -0.2) is 8.78 Å². The summed E-state index contributed by atoms with van der Waals surface area (Å²) in [5, 5.41) is 1.94. The lowest BCUT2D eigenvalue weighted by molar-refractivity contribution is -0.127. The van der Waals surface area contributed by atoms with E-state index in [-0.39, 0.29) is 17.3 Å². The average molecular weight is 525 g/mol. The summed E-state index contributed by atoms with van der Waals surface area (Å²) in [5.74, 6) is -1.24. The summed E-state index contributed by atoms with van der Waals surface area (Å²) in [5.41, 5.74) is 1.31. The van der Waals surface area contributed by atoms with Crippen molar-refractivity contribution in [1.82, 2.24) is 4.90 Å². The van der Waals surface area contributed by atoms with Crippen LogP contribution in [0.3, 0.4) is 0 Å². The van der Waals surface area contributed by atoms with E-state index in [1.54, 1.807) is 43.3 Å². The minimum atomic E-state index is -0.609. The monoisotopic (exact) mass is 524 g/mol. The van der Waals surface area contributed by atoms with E-state index in [1.807, 2.05) is 0 Å². The third-order valence-corrected chi connectivity index (χ3v) is 6.12. The fourth-order valence-electron chi connectivity index (χ4n) is 3.44. The van der Waals surface area contributed by atoms with Gasteiger partial charge in [0.25, 0.3) is 11.1 Å². The zero-order valence-corrected chi connectivity index (χ0v) is 20.5. The fraction of sp³-hybridized carbons (Fsp3) is 0.148. The topological polar surface area (TPSA) is 84.9 Å². The molecule has 7 nitrogen and oxygen atoms in total. The second-order valence-corrected chi connectivity index (χ2v) is 8.84. The number of imide groups is 1. The summed E-state index contributed by atoms with van der Waals surface area (Å²) in [6, 6.07) is 16.4. The maximum Gasteiger partial charge on any atom is 0.294 e. The Labute approximate surface area is 216 Å². The molecule has 10 heteroatoms. The molecule has 0 atom stereocenters. The third kappa shape index (κ3) is 6.53. The van der Waals surface area contributed by atoms with Crippen LogP contribution in [0.25, 0.3) is 6.08 Å². The Balaban J connectivity index is 1.45. The lowest BCUT2D eigenvalue weighted by Crippen LogP contribution is -2.36. The number of rotatable bonds is 9. The number of hydrogen-bond acceptors (Lipinski definition) is 6. The predicted octanol–water partition coefficient (Wildman–Crippen LogP) is 5.62. The number of hydrogen-bond donors (Lipinski definition) is 1.